The summed E-state index contributed by atoms with van der Waals surface area (Å²) in [5.41, 5.74) is 9.82. The van der Waals surface area contributed by atoms with E-state index in [0.29, 0.717) is 69.2 Å². The van der Waals surface area contributed by atoms with Crippen molar-refractivity contribution >= 4 is 73.6 Å². The van der Waals surface area contributed by atoms with Crippen LogP contribution in [0.15, 0.2) is 82.4 Å². The molecule has 2 amide bonds. The Kier molecular flexibility index (Phi) is 16.4. The number of nitrogens with zero attached hydrogens (tertiary/aromatic N) is 4. The molecule has 5 aliphatic rings. The van der Waals surface area contributed by atoms with Gasteiger partial charge in [-0.1, -0.05) is 60.7 Å². The van der Waals surface area contributed by atoms with Gasteiger partial charge in [-0.25, -0.2) is 14.7 Å². The lowest BCUT2D eigenvalue weighted by atomic mass is 10.0. The molecule has 14 nitrogen and oxygen atoms in total. The van der Waals surface area contributed by atoms with E-state index >= 15 is 0 Å². The third-order valence-corrected chi connectivity index (χ3v) is 17.1. The molecule has 0 saturated heterocycles. The zero-order valence-corrected chi connectivity index (χ0v) is 39.5. The number of nitrogens with two attached hydrogens (primary N) is 1. The van der Waals surface area contributed by atoms with Gasteiger partial charge in [-0.3, -0.25) is 14.6 Å². The highest BCUT2D eigenvalue weighted by Gasteiger charge is 2.40. The highest BCUT2D eigenvalue weighted by atomic mass is 28.4. The summed E-state index contributed by atoms with van der Waals surface area (Å²) >= 11 is 0. The number of hydrogen-bond acceptors (Lipinski definition) is 10. The molecule has 0 spiro atoms. The quantitative estimate of drug-likeness (QED) is 0.0495. The van der Waals surface area contributed by atoms with E-state index in [0.717, 1.165) is 79.1 Å². The summed E-state index contributed by atoms with van der Waals surface area (Å²) in [6.45, 7) is 31.2. The number of allylic oxidation sites excluding steroid dienone is 1. The lowest BCUT2D eigenvalue weighted by Crippen LogP contribution is -2.46. The monoisotopic (exact) mass is 900 g/mol. The molecular weight excluding hydrogens is 845 g/mol. The molecule has 0 radical (unpaired) electrons. The average molecular weight is 901 g/mol. The van der Waals surface area contributed by atoms with Crippen molar-refractivity contribution in [1.82, 2.24) is 0 Å². The summed E-state index contributed by atoms with van der Waals surface area (Å²) < 4.78 is 34.7. The number of amides is 2. The van der Waals surface area contributed by atoms with Crippen LogP contribution in [0.5, 0.6) is 0 Å². The van der Waals surface area contributed by atoms with Gasteiger partial charge in [0.05, 0.1) is 24.2 Å². The molecule has 3 aromatic rings. The van der Waals surface area contributed by atoms with Crippen LogP contribution in [0.4, 0.5) is 5.69 Å². The molecule has 0 bridgehead atoms. The molecule has 3 aromatic carbocycles. The lowest BCUT2D eigenvalue weighted by molar-refractivity contribution is -0.114. The Hall–Kier alpha value is -5.51. The molecule has 0 fully saturated rings. The predicted octanol–water partition coefficient (Wildman–Crippen LogP) is 7.24. The van der Waals surface area contributed by atoms with Crippen molar-refractivity contribution in [2.45, 2.75) is 66.5 Å². The van der Waals surface area contributed by atoms with Crippen LogP contribution in [0.2, 0.25) is 12.1 Å². The number of carbonyl (C=O) groups excluding carboxylic acids is 2. The van der Waals surface area contributed by atoms with E-state index in [2.05, 4.69) is 20.0 Å². The number of carbonyl (C=O) groups is 2. The number of aliphatic imine (C=N–C) groups is 1. The second kappa shape index (κ2) is 21.9. The molecule has 334 valence electrons. The van der Waals surface area contributed by atoms with Crippen LogP contribution >= 0.6 is 0 Å². The van der Waals surface area contributed by atoms with Gasteiger partial charge in [0.15, 0.2) is 0 Å². The summed E-state index contributed by atoms with van der Waals surface area (Å²) in [5, 5.41) is 10.6. The van der Waals surface area contributed by atoms with Gasteiger partial charge in [0.25, 0.3) is 23.2 Å². The highest BCUT2D eigenvalue weighted by Crippen LogP contribution is 2.43. The van der Waals surface area contributed by atoms with E-state index in [1.54, 1.807) is 0 Å². The van der Waals surface area contributed by atoms with Crippen molar-refractivity contribution in [2.75, 3.05) is 58.0 Å². The minimum Gasteiger partial charge on any atom is -0.374 e. The van der Waals surface area contributed by atoms with E-state index < -0.39 is 23.5 Å². The molecule has 16 heteroatoms. The first kappa shape index (κ1) is 48.0. The molecular formula is C48H56N6O8Si2. The second-order valence-electron chi connectivity index (χ2n) is 14.7. The molecule has 3 N–H and O–H groups in total. The largest absolute Gasteiger partial charge is 0.500 e. The number of fused-ring (bicyclic) bond motifs is 6. The summed E-state index contributed by atoms with van der Waals surface area (Å²) in [6.07, 6.45) is 1.70. The van der Waals surface area contributed by atoms with Gasteiger partial charge < -0.3 is 37.6 Å². The Labute approximate surface area is 376 Å². The molecule has 0 atom stereocenters. The first-order valence-corrected chi connectivity index (χ1v) is 25.9. The van der Waals surface area contributed by atoms with Crippen LogP contribution in [0.25, 0.3) is 42.5 Å². The minimum absolute atomic E-state index is 0.147. The van der Waals surface area contributed by atoms with Crippen molar-refractivity contribution in [3.63, 3.8) is 0 Å². The summed E-state index contributed by atoms with van der Waals surface area (Å²) in [4.78, 5) is 39.6. The van der Waals surface area contributed by atoms with Gasteiger partial charge in [-0.2, -0.15) is 0 Å². The first-order valence-electron chi connectivity index (χ1n) is 22.0. The number of rotatable bonds is 19. The van der Waals surface area contributed by atoms with Gasteiger partial charge in [-0.15, -0.1) is 0 Å². The average Bonchev–Trinajstić information content (AvgIpc) is 4.00. The van der Waals surface area contributed by atoms with Crippen molar-refractivity contribution in [3.05, 3.63) is 127 Å². The SMILES string of the molecule is CCO[Si](CCCN)(OCC)OCC.[C-]#[N+]C1=C2C(=NC1=O)c1cccc3cccc2c13.[C-]#[N+]C1=c2c(c3cccc4c(=NCCC[Si](OCC)(OCC)OCC)ccc2=c34)NC1=O. The summed E-state index contributed by atoms with van der Waals surface area (Å²) in [5.74, 6) is -0.742. The third kappa shape index (κ3) is 9.62. The number of nitrogens with one attached hydrogen (secondary N) is 1. The van der Waals surface area contributed by atoms with Gasteiger partial charge in [-0.05, 0) is 93.8 Å². The van der Waals surface area contributed by atoms with Crippen molar-refractivity contribution in [1.29, 1.82) is 0 Å². The van der Waals surface area contributed by atoms with Crippen LogP contribution in [0.1, 0.15) is 65.5 Å². The topological polar surface area (TPSA) is 161 Å². The van der Waals surface area contributed by atoms with Crippen LogP contribution in [0.3, 0.4) is 0 Å². The zero-order valence-electron chi connectivity index (χ0n) is 37.5. The smallest absolute Gasteiger partial charge is 0.374 e. The van der Waals surface area contributed by atoms with E-state index in [-0.39, 0.29) is 17.3 Å². The van der Waals surface area contributed by atoms with Gasteiger partial charge >= 0.3 is 17.6 Å². The summed E-state index contributed by atoms with van der Waals surface area (Å²) in [7, 11) is -5.06. The summed E-state index contributed by atoms with van der Waals surface area (Å²) in [6, 6.07) is 23.3. The van der Waals surface area contributed by atoms with Crippen molar-refractivity contribution in [3.8, 4) is 0 Å². The standard InChI is InChI=1S/C24H27N3O4Si.C15H6N2O.C9H23NO3Si/c1-5-29-32(30-6-2,31-7-3)15-9-14-26-19-13-12-17-20-16(19)10-8-11-18(20)22-21(17)23(25-4)24(28)27-22;1-16-14-12-9-6-2-4-8-5-3-7-10(11(8)9)13(12)17-15(14)18;1-4-11-14(12-5-2,13-6-3)9-7-8-10/h8,10-13H,5-7,9,14-15H2,1-3H3,(H,27,28);2-7H;4-10H2,1-3H3. The Morgan fingerprint density at radius 3 is 1.78 bits per heavy atom. The van der Waals surface area contributed by atoms with Crippen LogP contribution in [0, 0.1) is 23.6 Å². The minimum atomic E-state index is -2.67. The predicted molar refractivity (Wildman–Crippen MR) is 253 cm³/mol. The van der Waals surface area contributed by atoms with Crippen LogP contribution in [-0.4, -0.2) is 87.9 Å². The molecule has 3 aliphatic carbocycles. The number of anilines is 1. The van der Waals surface area contributed by atoms with Gasteiger partial charge in [0.1, 0.15) is 0 Å². The third-order valence-electron chi connectivity index (χ3n) is 10.8. The zero-order chi connectivity index (χ0) is 45.9. The fourth-order valence-corrected chi connectivity index (χ4v) is 13.8. The molecule has 0 aromatic heterocycles. The van der Waals surface area contributed by atoms with Gasteiger partial charge in [0.2, 0.25) is 0 Å². The van der Waals surface area contributed by atoms with Crippen molar-refractivity contribution < 1.29 is 36.1 Å². The maximum atomic E-state index is 12.2. The maximum absolute atomic E-state index is 12.2. The molecule has 8 rings (SSSR count). The van der Waals surface area contributed by atoms with E-state index in [1.165, 1.54) is 0 Å². The normalized spacial score (nSPS) is 14.3. The van der Waals surface area contributed by atoms with E-state index in [1.807, 2.05) is 108 Å². The Balaban J connectivity index is 0.000000178. The van der Waals surface area contributed by atoms with Crippen LogP contribution < -0.4 is 21.6 Å². The Morgan fingerprint density at radius 2 is 1.22 bits per heavy atom. The molecule has 0 saturated carbocycles. The van der Waals surface area contributed by atoms with Crippen LogP contribution in [-0.2, 0) is 36.1 Å². The van der Waals surface area contributed by atoms with Crippen molar-refractivity contribution in [2.24, 2.45) is 15.7 Å². The Morgan fingerprint density at radius 1 is 0.672 bits per heavy atom. The lowest BCUT2D eigenvalue weighted by Gasteiger charge is -2.28. The molecule has 64 heavy (non-hydrogen) atoms. The first-order chi connectivity index (χ1) is 31.1. The second-order valence-corrected chi connectivity index (χ2v) is 20.1. The molecule has 2 heterocycles. The fraction of sp³-hybridized carbons (Fsp3) is 0.375. The Bertz CT molecular complexity index is 2810. The van der Waals surface area contributed by atoms with E-state index in [4.69, 9.17) is 50.4 Å². The number of benzene rings is 3. The van der Waals surface area contributed by atoms with E-state index in [9.17, 15) is 9.59 Å². The number of hydrogen-bond donors (Lipinski definition) is 2. The highest BCUT2D eigenvalue weighted by molar-refractivity contribution is 6.61. The molecule has 0 unspecified atom stereocenters. The maximum Gasteiger partial charge on any atom is 0.500 e. The fourth-order valence-electron chi connectivity index (χ4n) is 8.53. The molecule has 2 aliphatic heterocycles. The van der Waals surface area contributed by atoms with Gasteiger partial charge in [0, 0.05) is 91.1 Å².